The minimum absolute atomic E-state index is 0.209. The van der Waals surface area contributed by atoms with E-state index in [1.165, 1.54) is 0 Å². The van der Waals surface area contributed by atoms with Crippen molar-refractivity contribution in [2.24, 2.45) is 0 Å². The van der Waals surface area contributed by atoms with Crippen molar-refractivity contribution in [1.82, 2.24) is 9.97 Å². The zero-order valence-electron chi connectivity index (χ0n) is 12.6. The monoisotopic (exact) mass is 282 g/mol. The number of nitrogens with zero attached hydrogens (tertiary/aromatic N) is 3. The maximum absolute atomic E-state index is 8.81. The SMILES string of the molecule is CNc1nc(C(C)C)nc(Oc2ccc(C#N)cc2)c1C. The molecule has 0 spiro atoms. The second-order valence-corrected chi connectivity index (χ2v) is 5.00. The van der Waals surface area contributed by atoms with Gasteiger partial charge in [-0.05, 0) is 31.2 Å². The highest BCUT2D eigenvalue weighted by Gasteiger charge is 2.14. The van der Waals surface area contributed by atoms with E-state index < -0.39 is 0 Å². The van der Waals surface area contributed by atoms with Crippen LogP contribution in [0, 0.1) is 18.3 Å². The van der Waals surface area contributed by atoms with Gasteiger partial charge in [-0.3, -0.25) is 0 Å². The molecule has 108 valence electrons. The summed E-state index contributed by atoms with van der Waals surface area (Å²) in [4.78, 5) is 8.95. The molecule has 5 heteroatoms. The topological polar surface area (TPSA) is 70.8 Å². The van der Waals surface area contributed by atoms with Gasteiger partial charge in [-0.2, -0.15) is 10.2 Å². The molecule has 2 aromatic rings. The minimum atomic E-state index is 0.209. The lowest BCUT2D eigenvalue weighted by molar-refractivity contribution is 0.453. The number of hydrogen-bond acceptors (Lipinski definition) is 5. The highest BCUT2D eigenvalue weighted by Crippen LogP contribution is 2.28. The van der Waals surface area contributed by atoms with Crippen molar-refractivity contribution in [2.75, 3.05) is 12.4 Å². The quantitative estimate of drug-likeness (QED) is 0.927. The Bertz CT molecular complexity index is 672. The Morgan fingerprint density at radius 3 is 2.38 bits per heavy atom. The third-order valence-corrected chi connectivity index (χ3v) is 3.07. The number of aromatic nitrogens is 2. The first-order valence-corrected chi connectivity index (χ1v) is 6.79. The molecule has 0 aliphatic heterocycles. The second kappa shape index (κ2) is 6.23. The molecule has 0 aliphatic carbocycles. The van der Waals surface area contributed by atoms with Gasteiger partial charge < -0.3 is 10.1 Å². The Labute approximate surface area is 124 Å². The van der Waals surface area contributed by atoms with Crippen LogP contribution in [0.15, 0.2) is 24.3 Å². The highest BCUT2D eigenvalue weighted by atomic mass is 16.5. The molecule has 0 aliphatic rings. The molecule has 21 heavy (non-hydrogen) atoms. The van der Waals surface area contributed by atoms with E-state index in [2.05, 4.69) is 21.4 Å². The van der Waals surface area contributed by atoms with Crippen molar-refractivity contribution in [1.29, 1.82) is 5.26 Å². The Morgan fingerprint density at radius 1 is 1.19 bits per heavy atom. The van der Waals surface area contributed by atoms with Crippen LogP contribution in [0.2, 0.25) is 0 Å². The fraction of sp³-hybridized carbons (Fsp3) is 0.312. The molecule has 0 unspecified atom stereocenters. The largest absolute Gasteiger partial charge is 0.439 e. The van der Waals surface area contributed by atoms with Crippen molar-refractivity contribution in [3.63, 3.8) is 0 Å². The molecular formula is C16H18N4O. The number of ether oxygens (including phenoxy) is 1. The lowest BCUT2D eigenvalue weighted by Crippen LogP contribution is -2.06. The molecule has 0 amide bonds. The zero-order valence-corrected chi connectivity index (χ0v) is 12.6. The maximum Gasteiger partial charge on any atom is 0.227 e. The molecule has 0 saturated heterocycles. The molecule has 0 saturated carbocycles. The lowest BCUT2D eigenvalue weighted by Gasteiger charge is -2.14. The van der Waals surface area contributed by atoms with Crippen LogP contribution in [-0.2, 0) is 0 Å². The summed E-state index contributed by atoms with van der Waals surface area (Å²) < 4.78 is 5.84. The first-order chi connectivity index (χ1) is 10.0. The van der Waals surface area contributed by atoms with E-state index in [0.717, 1.165) is 17.2 Å². The van der Waals surface area contributed by atoms with Gasteiger partial charge in [0.1, 0.15) is 17.4 Å². The molecule has 2 rings (SSSR count). The molecule has 0 fully saturated rings. The van der Waals surface area contributed by atoms with E-state index in [1.807, 2.05) is 27.8 Å². The third kappa shape index (κ3) is 3.29. The highest BCUT2D eigenvalue weighted by molar-refractivity contribution is 5.49. The Hall–Kier alpha value is -2.61. The van der Waals surface area contributed by atoms with Crippen LogP contribution in [0.4, 0.5) is 5.82 Å². The van der Waals surface area contributed by atoms with Crippen LogP contribution in [0.1, 0.15) is 36.7 Å². The summed E-state index contributed by atoms with van der Waals surface area (Å²) in [7, 11) is 1.82. The van der Waals surface area contributed by atoms with Crippen molar-refractivity contribution < 1.29 is 4.74 Å². The molecule has 1 aromatic carbocycles. The normalized spacial score (nSPS) is 10.3. The van der Waals surface area contributed by atoms with Crippen molar-refractivity contribution in [3.8, 4) is 17.7 Å². The summed E-state index contributed by atoms with van der Waals surface area (Å²) in [6, 6.07) is 9.03. The number of anilines is 1. The van der Waals surface area contributed by atoms with Crippen molar-refractivity contribution in [3.05, 3.63) is 41.2 Å². The van der Waals surface area contributed by atoms with Gasteiger partial charge in [-0.25, -0.2) is 4.98 Å². The molecule has 1 aromatic heterocycles. The van der Waals surface area contributed by atoms with Crippen LogP contribution in [-0.4, -0.2) is 17.0 Å². The molecule has 1 N–H and O–H groups in total. The Morgan fingerprint density at radius 2 is 1.86 bits per heavy atom. The van der Waals surface area contributed by atoms with Crippen molar-refractivity contribution in [2.45, 2.75) is 26.7 Å². The second-order valence-electron chi connectivity index (χ2n) is 5.00. The number of rotatable bonds is 4. The van der Waals surface area contributed by atoms with E-state index in [4.69, 9.17) is 10.00 Å². The summed E-state index contributed by atoms with van der Waals surface area (Å²) in [5.74, 6) is 2.88. The van der Waals surface area contributed by atoms with Gasteiger partial charge in [0.15, 0.2) is 0 Å². The van der Waals surface area contributed by atoms with Crippen molar-refractivity contribution >= 4 is 5.82 Å². The summed E-state index contributed by atoms with van der Waals surface area (Å²) in [5, 5.41) is 11.9. The minimum Gasteiger partial charge on any atom is -0.439 e. The van der Waals surface area contributed by atoms with Crippen LogP contribution in [0.3, 0.4) is 0 Å². The zero-order chi connectivity index (χ0) is 15.4. The first-order valence-electron chi connectivity index (χ1n) is 6.79. The lowest BCUT2D eigenvalue weighted by atomic mass is 10.2. The molecule has 0 radical (unpaired) electrons. The average molecular weight is 282 g/mol. The maximum atomic E-state index is 8.81. The molecule has 0 bridgehead atoms. The van der Waals surface area contributed by atoms with Crippen LogP contribution >= 0.6 is 0 Å². The molecule has 5 nitrogen and oxygen atoms in total. The predicted molar refractivity (Wildman–Crippen MR) is 81.6 cm³/mol. The number of hydrogen-bond donors (Lipinski definition) is 1. The number of nitrogens with one attached hydrogen (secondary N) is 1. The van der Waals surface area contributed by atoms with Crippen LogP contribution in [0.25, 0.3) is 0 Å². The summed E-state index contributed by atoms with van der Waals surface area (Å²) in [6.45, 7) is 5.99. The van der Waals surface area contributed by atoms with E-state index in [-0.39, 0.29) is 5.92 Å². The number of benzene rings is 1. The van der Waals surface area contributed by atoms with Gasteiger partial charge in [-0.1, -0.05) is 13.8 Å². The van der Waals surface area contributed by atoms with Gasteiger partial charge in [0, 0.05) is 13.0 Å². The fourth-order valence-electron chi connectivity index (χ4n) is 1.82. The summed E-state index contributed by atoms with van der Waals surface area (Å²) in [5.41, 5.74) is 1.45. The fourth-order valence-corrected chi connectivity index (χ4v) is 1.82. The summed E-state index contributed by atoms with van der Waals surface area (Å²) >= 11 is 0. The number of nitriles is 1. The smallest absolute Gasteiger partial charge is 0.227 e. The Balaban J connectivity index is 2.37. The molecule has 1 heterocycles. The Kier molecular flexibility index (Phi) is 4.39. The van der Waals surface area contributed by atoms with E-state index in [1.54, 1.807) is 24.3 Å². The van der Waals surface area contributed by atoms with Crippen LogP contribution in [0.5, 0.6) is 11.6 Å². The van der Waals surface area contributed by atoms with E-state index in [9.17, 15) is 0 Å². The van der Waals surface area contributed by atoms with Gasteiger partial charge in [0.05, 0.1) is 17.2 Å². The standard InChI is InChI=1S/C16H18N4O/c1-10(2)14-19-15(18-4)11(3)16(20-14)21-13-7-5-12(9-17)6-8-13/h5-8,10H,1-4H3,(H,18,19,20). The van der Waals surface area contributed by atoms with Gasteiger partial charge >= 0.3 is 0 Å². The van der Waals surface area contributed by atoms with E-state index >= 15 is 0 Å². The predicted octanol–water partition coefficient (Wildman–Crippen LogP) is 3.61. The van der Waals surface area contributed by atoms with Crippen LogP contribution < -0.4 is 10.1 Å². The molecular weight excluding hydrogens is 264 g/mol. The summed E-state index contributed by atoms with van der Waals surface area (Å²) in [6.07, 6.45) is 0. The van der Waals surface area contributed by atoms with E-state index in [0.29, 0.717) is 17.2 Å². The van der Waals surface area contributed by atoms with Gasteiger partial charge in [-0.15, -0.1) is 0 Å². The first kappa shape index (κ1) is 14.8. The third-order valence-electron chi connectivity index (χ3n) is 3.07. The van der Waals surface area contributed by atoms with Gasteiger partial charge in [0.2, 0.25) is 5.88 Å². The molecule has 0 atom stereocenters. The van der Waals surface area contributed by atoms with Gasteiger partial charge in [0.25, 0.3) is 0 Å². The average Bonchev–Trinajstić information content (AvgIpc) is 2.49.